The lowest BCUT2D eigenvalue weighted by Crippen LogP contribution is -2.36. The lowest BCUT2D eigenvalue weighted by molar-refractivity contribution is -0.577. The molecule has 0 aliphatic rings. The summed E-state index contributed by atoms with van der Waals surface area (Å²) in [6, 6.07) is 6.91. The second-order valence-electron chi connectivity index (χ2n) is 6.22. The molecule has 0 fully saturated rings. The van der Waals surface area contributed by atoms with Gasteiger partial charge < -0.3 is 14.2 Å². The zero-order valence-corrected chi connectivity index (χ0v) is 17.0. The minimum atomic E-state index is -0.387. The zero-order valence-electron chi connectivity index (χ0n) is 17.0. The van der Waals surface area contributed by atoms with Crippen molar-refractivity contribution in [2.75, 3.05) is 21.3 Å². The molecule has 0 aliphatic carbocycles. The van der Waals surface area contributed by atoms with E-state index in [0.29, 0.717) is 17.2 Å². The fourth-order valence-electron chi connectivity index (χ4n) is 2.90. The highest BCUT2D eigenvalue weighted by Crippen LogP contribution is 2.38. The number of hydrogen-bond acceptors (Lipinski definition) is 6. The van der Waals surface area contributed by atoms with Crippen LogP contribution in [0, 0.1) is 30.6 Å². The van der Waals surface area contributed by atoms with Crippen molar-refractivity contribution in [3.8, 4) is 23.3 Å². The van der Waals surface area contributed by atoms with E-state index in [2.05, 4.69) is 0 Å². The SMILES string of the molecule is COc1cc(C(=O)C(=CC(=C=N)C#N)[n+]2cc(C)cc(C)c2)cc(OC)c1OC. The third-order valence-corrected chi connectivity index (χ3v) is 4.11. The van der Waals surface area contributed by atoms with Crippen LogP contribution in [-0.2, 0) is 0 Å². The second kappa shape index (κ2) is 9.36. The van der Waals surface area contributed by atoms with Gasteiger partial charge in [-0.25, -0.2) is 0 Å². The van der Waals surface area contributed by atoms with E-state index < -0.39 is 0 Å². The highest BCUT2D eigenvalue weighted by atomic mass is 16.5. The number of nitrogens with one attached hydrogen (secondary N) is 1. The molecule has 2 aromatic rings. The Morgan fingerprint density at radius 2 is 1.59 bits per heavy atom. The molecule has 7 nitrogen and oxygen atoms in total. The number of hydrogen-bond donors (Lipinski definition) is 1. The average molecular weight is 392 g/mol. The maximum absolute atomic E-state index is 13.4. The minimum absolute atomic E-state index is 0.0764. The Hall–Kier alpha value is -3.88. The molecule has 1 heterocycles. The van der Waals surface area contributed by atoms with E-state index in [9.17, 15) is 10.1 Å². The molecule has 2 rings (SSSR count). The van der Waals surface area contributed by atoms with Gasteiger partial charge in [0, 0.05) is 22.8 Å². The number of nitrogens with zero attached hydrogens (tertiary/aromatic N) is 2. The van der Waals surface area contributed by atoms with Crippen LogP contribution in [0.25, 0.3) is 5.70 Å². The molecule has 0 amide bonds. The number of aryl methyl sites for hydroxylation is 2. The molecule has 0 unspecified atom stereocenters. The predicted molar refractivity (Wildman–Crippen MR) is 108 cm³/mol. The largest absolute Gasteiger partial charge is 0.493 e. The number of pyridine rings is 1. The zero-order chi connectivity index (χ0) is 21.6. The molecule has 0 saturated carbocycles. The van der Waals surface area contributed by atoms with Gasteiger partial charge in [-0.2, -0.15) is 9.83 Å². The van der Waals surface area contributed by atoms with Gasteiger partial charge in [-0.1, -0.05) is 0 Å². The normalized spacial score (nSPS) is 10.6. The van der Waals surface area contributed by atoms with Gasteiger partial charge in [-0.05, 0) is 37.9 Å². The summed E-state index contributed by atoms with van der Waals surface area (Å²) < 4.78 is 17.6. The van der Waals surface area contributed by atoms with Crippen molar-refractivity contribution in [2.45, 2.75) is 13.8 Å². The van der Waals surface area contributed by atoms with Gasteiger partial charge >= 0.3 is 0 Å². The van der Waals surface area contributed by atoms with Gasteiger partial charge in [0.2, 0.25) is 5.75 Å². The van der Waals surface area contributed by atoms with Crippen LogP contribution in [0.15, 0.2) is 42.2 Å². The molecule has 29 heavy (non-hydrogen) atoms. The van der Waals surface area contributed by atoms with Crippen LogP contribution in [0.1, 0.15) is 21.5 Å². The number of rotatable bonds is 7. The summed E-state index contributed by atoms with van der Waals surface area (Å²) >= 11 is 0. The van der Waals surface area contributed by atoms with Crippen molar-refractivity contribution in [3.05, 3.63) is 58.9 Å². The number of carbonyl (C=O) groups excluding carboxylic acids is 1. The van der Waals surface area contributed by atoms with Gasteiger partial charge in [0.25, 0.3) is 11.5 Å². The van der Waals surface area contributed by atoms with Crippen LogP contribution in [0.4, 0.5) is 0 Å². The molecule has 148 valence electrons. The highest BCUT2D eigenvalue weighted by molar-refractivity contribution is 6.22. The third kappa shape index (κ3) is 4.70. The van der Waals surface area contributed by atoms with Crippen LogP contribution in [0.2, 0.25) is 0 Å². The van der Waals surface area contributed by atoms with Crippen molar-refractivity contribution in [3.63, 3.8) is 0 Å². The van der Waals surface area contributed by atoms with Gasteiger partial charge in [0.15, 0.2) is 23.9 Å². The fourth-order valence-corrected chi connectivity index (χ4v) is 2.90. The molecule has 1 N–H and O–H groups in total. The van der Waals surface area contributed by atoms with Crippen LogP contribution in [0.5, 0.6) is 17.2 Å². The van der Waals surface area contributed by atoms with E-state index in [1.165, 1.54) is 27.4 Å². The monoisotopic (exact) mass is 392 g/mol. The summed E-state index contributed by atoms with van der Waals surface area (Å²) in [6.07, 6.45) is 4.87. The summed E-state index contributed by atoms with van der Waals surface area (Å²) in [5.74, 6) is 2.70. The maximum atomic E-state index is 13.4. The van der Waals surface area contributed by atoms with Gasteiger partial charge in [-0.3, -0.25) is 10.2 Å². The van der Waals surface area contributed by atoms with Crippen molar-refractivity contribution >= 4 is 17.4 Å². The standard InChI is InChI=1S/C22H22N3O4/c1-14-6-15(2)13-25(12-14)18(7-16(10-23)11-24)21(26)17-8-19(27-3)22(29-5)20(9-17)28-4/h6-9,12-13,23H,1-5H3/q+1. The summed E-state index contributed by atoms with van der Waals surface area (Å²) in [5, 5.41) is 16.5. The molecular formula is C22H22N3O4+. The molecular weight excluding hydrogens is 370 g/mol. The van der Waals surface area contributed by atoms with Crippen LogP contribution in [-0.4, -0.2) is 33.0 Å². The van der Waals surface area contributed by atoms with Gasteiger partial charge in [0.05, 0.1) is 21.3 Å². The first kappa shape index (κ1) is 21.4. The predicted octanol–water partition coefficient (Wildman–Crippen LogP) is 3.04. The second-order valence-corrected chi connectivity index (χ2v) is 6.22. The van der Waals surface area contributed by atoms with Crippen molar-refractivity contribution in [1.82, 2.24) is 0 Å². The van der Waals surface area contributed by atoms with E-state index in [0.717, 1.165) is 11.1 Å². The lowest BCUT2D eigenvalue weighted by Gasteiger charge is -2.13. The van der Waals surface area contributed by atoms with E-state index in [4.69, 9.17) is 19.6 Å². The first-order valence-corrected chi connectivity index (χ1v) is 8.64. The molecule has 1 aromatic carbocycles. The molecule has 0 saturated heterocycles. The number of benzene rings is 1. The molecule has 0 radical (unpaired) electrons. The minimum Gasteiger partial charge on any atom is -0.493 e. The number of allylic oxidation sites excluding steroid dienone is 3. The quantitative estimate of drug-likeness (QED) is 0.195. The van der Waals surface area contributed by atoms with Gasteiger partial charge in [-0.15, -0.1) is 0 Å². The summed E-state index contributed by atoms with van der Waals surface area (Å²) in [7, 11) is 4.41. The average Bonchev–Trinajstić information content (AvgIpc) is 2.72. The Kier molecular flexibility index (Phi) is 6.91. The first-order valence-electron chi connectivity index (χ1n) is 8.64. The van der Waals surface area contributed by atoms with Crippen molar-refractivity contribution in [1.29, 1.82) is 10.7 Å². The van der Waals surface area contributed by atoms with Crippen molar-refractivity contribution in [2.24, 2.45) is 0 Å². The molecule has 7 heteroatoms. The van der Waals surface area contributed by atoms with E-state index in [-0.39, 0.29) is 22.6 Å². The number of ether oxygens (including phenoxy) is 3. The molecule has 0 aliphatic heterocycles. The number of aromatic nitrogens is 1. The Balaban J connectivity index is 2.74. The third-order valence-electron chi connectivity index (χ3n) is 4.11. The Labute approximate surface area is 169 Å². The number of ketones is 1. The lowest BCUT2D eigenvalue weighted by atomic mass is 10.0. The number of nitriles is 1. The van der Waals surface area contributed by atoms with E-state index >= 15 is 0 Å². The Morgan fingerprint density at radius 1 is 1.03 bits per heavy atom. The Bertz CT molecular complexity index is 1030. The molecule has 0 spiro atoms. The van der Waals surface area contributed by atoms with E-state index in [1.807, 2.05) is 31.9 Å². The first-order chi connectivity index (χ1) is 13.9. The highest BCUT2D eigenvalue weighted by Gasteiger charge is 2.26. The Morgan fingerprint density at radius 3 is 2.00 bits per heavy atom. The van der Waals surface area contributed by atoms with Crippen LogP contribution in [0.3, 0.4) is 0 Å². The summed E-state index contributed by atoms with van der Waals surface area (Å²) in [4.78, 5) is 13.4. The van der Waals surface area contributed by atoms with E-state index in [1.54, 1.807) is 29.1 Å². The number of Topliss-reactive ketones (excluding diaryl/α,β-unsaturated/α-hetero) is 1. The summed E-state index contributed by atoms with van der Waals surface area (Å²) in [6.45, 7) is 3.81. The summed E-state index contributed by atoms with van der Waals surface area (Å²) in [5.41, 5.74) is 2.26. The van der Waals surface area contributed by atoms with Crippen LogP contribution >= 0.6 is 0 Å². The van der Waals surface area contributed by atoms with Gasteiger partial charge in [0.1, 0.15) is 11.6 Å². The topological polar surface area (TPSA) is 96.3 Å². The van der Waals surface area contributed by atoms with Crippen LogP contribution < -0.4 is 18.8 Å². The number of carbonyl (C=O) groups is 1. The molecule has 0 atom stereocenters. The molecule has 0 bridgehead atoms. The smallest absolute Gasteiger partial charge is 0.261 e. The maximum Gasteiger partial charge on any atom is 0.261 e. The molecule has 1 aromatic heterocycles. The number of methoxy groups -OCH3 is 3. The fraction of sp³-hybridized carbons (Fsp3) is 0.227. The van der Waals surface area contributed by atoms with Crippen molar-refractivity contribution < 1.29 is 23.6 Å².